The minimum atomic E-state index is -1.21. The number of aliphatic hydroxyl groups is 3. The third-order valence-electron chi connectivity index (χ3n) is 5.59. The first kappa shape index (κ1) is 24.8. The summed E-state index contributed by atoms with van der Waals surface area (Å²) in [7, 11) is 0. The molecular weight excluding hydrogens is 344 g/mol. The molecule has 0 amide bonds. The highest BCUT2D eigenvalue weighted by Crippen LogP contribution is 2.22. The second-order valence-electron chi connectivity index (χ2n) is 8.15. The molecule has 0 aromatic carbocycles. The van der Waals surface area contributed by atoms with Crippen LogP contribution < -0.4 is 0 Å². The molecule has 0 aliphatic carbocycles. The van der Waals surface area contributed by atoms with E-state index in [1.165, 1.54) is 77.0 Å². The minimum Gasteiger partial charge on any atom is -0.388 e. The summed E-state index contributed by atoms with van der Waals surface area (Å²) in [6.45, 7) is 4.44. The molecule has 1 rings (SSSR count). The summed E-state index contributed by atoms with van der Waals surface area (Å²) < 4.78 is 11.0. The maximum atomic E-state index is 9.88. The molecule has 5 atom stereocenters. The largest absolute Gasteiger partial charge is 0.388 e. The number of hydrogen-bond acceptors (Lipinski definition) is 5. The molecule has 5 nitrogen and oxygen atoms in total. The fourth-order valence-electron chi connectivity index (χ4n) is 3.65. The summed E-state index contributed by atoms with van der Waals surface area (Å²) in [5.74, 6) is 0. The van der Waals surface area contributed by atoms with E-state index in [0.29, 0.717) is 6.61 Å². The van der Waals surface area contributed by atoms with E-state index < -0.39 is 30.7 Å². The van der Waals surface area contributed by atoms with Gasteiger partial charge in [0.25, 0.3) is 0 Å². The summed E-state index contributed by atoms with van der Waals surface area (Å²) in [6.07, 6.45) is 13.5. The van der Waals surface area contributed by atoms with Crippen molar-refractivity contribution in [2.45, 2.75) is 134 Å². The Morgan fingerprint density at radius 3 is 1.56 bits per heavy atom. The van der Waals surface area contributed by atoms with Gasteiger partial charge in [0.2, 0.25) is 0 Å². The smallest absolute Gasteiger partial charge is 0.186 e. The normalized spacial score (nSPS) is 28.6. The van der Waals surface area contributed by atoms with Gasteiger partial charge in [-0.1, -0.05) is 90.4 Å². The van der Waals surface area contributed by atoms with Gasteiger partial charge in [-0.25, -0.2) is 0 Å². The standard InChI is InChI=1S/C22H44O5/c1-3-4-5-6-7-8-9-10-11-12-13-14-15-16-17-26-22-21(25)20(24)19(23)18(2)27-22/h18-25H,3-17H2,1-2H3/t18-,19-,20+,21+,22+/m0/s1. The molecule has 0 radical (unpaired) electrons. The van der Waals surface area contributed by atoms with Gasteiger partial charge in [-0.05, 0) is 13.3 Å². The van der Waals surface area contributed by atoms with Crippen LogP contribution in [0.5, 0.6) is 0 Å². The van der Waals surface area contributed by atoms with Crippen LogP contribution in [0.3, 0.4) is 0 Å². The Balaban J connectivity index is 1.85. The first-order chi connectivity index (χ1) is 13.1. The minimum absolute atomic E-state index is 0.509. The average Bonchev–Trinajstić information content (AvgIpc) is 2.67. The van der Waals surface area contributed by atoms with Crippen LogP contribution in [0, 0.1) is 0 Å². The highest BCUT2D eigenvalue weighted by molar-refractivity contribution is 4.87. The molecule has 0 unspecified atom stereocenters. The first-order valence-corrected chi connectivity index (χ1v) is 11.4. The lowest BCUT2D eigenvalue weighted by molar-refractivity contribution is -0.293. The SMILES string of the molecule is CCCCCCCCCCCCCCCCO[C@@H]1O[C@@H](C)[C@H](O)[C@@H](O)[C@H]1O. The van der Waals surface area contributed by atoms with Gasteiger partial charge >= 0.3 is 0 Å². The van der Waals surface area contributed by atoms with Crippen LogP contribution >= 0.6 is 0 Å². The Kier molecular flexibility index (Phi) is 14.4. The zero-order valence-electron chi connectivity index (χ0n) is 17.7. The highest BCUT2D eigenvalue weighted by atomic mass is 16.7. The Morgan fingerprint density at radius 1 is 0.630 bits per heavy atom. The van der Waals surface area contributed by atoms with Crippen molar-refractivity contribution >= 4 is 0 Å². The molecular formula is C22H44O5. The van der Waals surface area contributed by atoms with Crippen molar-refractivity contribution in [3.8, 4) is 0 Å². The van der Waals surface area contributed by atoms with Gasteiger partial charge < -0.3 is 24.8 Å². The Bertz CT molecular complexity index is 339. The average molecular weight is 389 g/mol. The van der Waals surface area contributed by atoms with Crippen LogP contribution in [0.25, 0.3) is 0 Å². The molecule has 162 valence electrons. The third-order valence-corrected chi connectivity index (χ3v) is 5.59. The van der Waals surface area contributed by atoms with E-state index in [1.54, 1.807) is 6.92 Å². The quantitative estimate of drug-likeness (QED) is 0.343. The van der Waals surface area contributed by atoms with Gasteiger partial charge in [0.05, 0.1) is 6.10 Å². The van der Waals surface area contributed by atoms with E-state index in [0.717, 1.165) is 12.8 Å². The van der Waals surface area contributed by atoms with Crippen molar-refractivity contribution in [3.63, 3.8) is 0 Å². The fourth-order valence-corrected chi connectivity index (χ4v) is 3.65. The lowest BCUT2D eigenvalue weighted by Crippen LogP contribution is -2.57. The van der Waals surface area contributed by atoms with E-state index in [9.17, 15) is 15.3 Å². The lowest BCUT2D eigenvalue weighted by atomic mass is 10.00. The van der Waals surface area contributed by atoms with Crippen molar-refractivity contribution in [2.24, 2.45) is 0 Å². The molecule has 0 spiro atoms. The molecule has 1 fully saturated rings. The lowest BCUT2D eigenvalue weighted by Gasteiger charge is -2.38. The van der Waals surface area contributed by atoms with Gasteiger partial charge in [0, 0.05) is 6.61 Å². The van der Waals surface area contributed by atoms with Crippen LogP contribution in [0.15, 0.2) is 0 Å². The van der Waals surface area contributed by atoms with Crippen molar-refractivity contribution in [2.75, 3.05) is 6.61 Å². The molecule has 0 bridgehead atoms. The van der Waals surface area contributed by atoms with Crippen LogP contribution in [-0.4, -0.2) is 52.6 Å². The number of rotatable bonds is 16. The van der Waals surface area contributed by atoms with E-state index in [-0.39, 0.29) is 0 Å². The van der Waals surface area contributed by atoms with Gasteiger partial charge in [-0.3, -0.25) is 0 Å². The predicted molar refractivity (Wildman–Crippen MR) is 109 cm³/mol. The van der Waals surface area contributed by atoms with Crippen molar-refractivity contribution < 1.29 is 24.8 Å². The Labute approximate surface area is 166 Å². The summed E-state index contributed by atoms with van der Waals surface area (Å²) in [5.41, 5.74) is 0. The van der Waals surface area contributed by atoms with E-state index >= 15 is 0 Å². The Morgan fingerprint density at radius 2 is 1.07 bits per heavy atom. The van der Waals surface area contributed by atoms with Crippen molar-refractivity contribution in [1.29, 1.82) is 0 Å². The summed E-state index contributed by atoms with van der Waals surface area (Å²) in [5, 5.41) is 29.3. The molecule has 27 heavy (non-hydrogen) atoms. The number of ether oxygens (including phenoxy) is 2. The molecule has 1 saturated heterocycles. The van der Waals surface area contributed by atoms with E-state index in [4.69, 9.17) is 9.47 Å². The molecule has 1 aliphatic heterocycles. The van der Waals surface area contributed by atoms with Gasteiger partial charge in [0.15, 0.2) is 6.29 Å². The van der Waals surface area contributed by atoms with Gasteiger partial charge in [-0.2, -0.15) is 0 Å². The van der Waals surface area contributed by atoms with Crippen LogP contribution in [0.1, 0.15) is 104 Å². The number of hydrogen-bond donors (Lipinski definition) is 3. The molecule has 0 aromatic rings. The molecule has 0 aromatic heterocycles. The van der Waals surface area contributed by atoms with Gasteiger partial charge in [0.1, 0.15) is 18.3 Å². The van der Waals surface area contributed by atoms with Gasteiger partial charge in [-0.15, -0.1) is 0 Å². The summed E-state index contributed by atoms with van der Waals surface area (Å²) in [4.78, 5) is 0. The monoisotopic (exact) mass is 388 g/mol. The predicted octanol–water partition coefficient (Wildman–Crippen LogP) is 4.31. The second kappa shape index (κ2) is 15.7. The topological polar surface area (TPSA) is 79.2 Å². The van der Waals surface area contributed by atoms with Crippen LogP contribution in [0.4, 0.5) is 0 Å². The summed E-state index contributed by atoms with van der Waals surface area (Å²) >= 11 is 0. The highest BCUT2D eigenvalue weighted by Gasteiger charge is 2.42. The molecule has 1 aliphatic rings. The maximum absolute atomic E-state index is 9.88. The number of unbranched alkanes of at least 4 members (excludes halogenated alkanes) is 13. The summed E-state index contributed by atoms with van der Waals surface area (Å²) in [6, 6.07) is 0. The number of aliphatic hydroxyl groups excluding tert-OH is 3. The van der Waals surface area contributed by atoms with Crippen LogP contribution in [0.2, 0.25) is 0 Å². The molecule has 5 heteroatoms. The third kappa shape index (κ3) is 10.8. The van der Waals surface area contributed by atoms with E-state index in [1.807, 2.05) is 0 Å². The first-order valence-electron chi connectivity index (χ1n) is 11.4. The van der Waals surface area contributed by atoms with Crippen molar-refractivity contribution in [3.05, 3.63) is 0 Å². The Hall–Kier alpha value is -0.200. The zero-order valence-corrected chi connectivity index (χ0v) is 17.7. The van der Waals surface area contributed by atoms with E-state index in [2.05, 4.69) is 6.92 Å². The molecule has 0 saturated carbocycles. The van der Waals surface area contributed by atoms with Crippen molar-refractivity contribution in [1.82, 2.24) is 0 Å². The second-order valence-corrected chi connectivity index (χ2v) is 8.15. The maximum Gasteiger partial charge on any atom is 0.186 e. The van der Waals surface area contributed by atoms with Crippen LogP contribution in [-0.2, 0) is 9.47 Å². The molecule has 1 heterocycles. The zero-order chi connectivity index (χ0) is 19.9. The fraction of sp³-hybridized carbons (Fsp3) is 1.00. The molecule has 3 N–H and O–H groups in total.